The molecule has 1 aromatic carbocycles. The minimum atomic E-state index is -0.458. The van der Waals surface area contributed by atoms with E-state index in [-0.39, 0.29) is 23.4 Å². The van der Waals surface area contributed by atoms with Crippen molar-refractivity contribution < 1.29 is 18.7 Å². The van der Waals surface area contributed by atoms with E-state index in [1.165, 1.54) is 18.2 Å². The highest BCUT2D eigenvalue weighted by Crippen LogP contribution is 2.24. The third-order valence-corrected chi connectivity index (χ3v) is 4.18. The van der Waals surface area contributed by atoms with Crippen LogP contribution in [0.25, 0.3) is 0 Å². The zero-order valence-electron chi connectivity index (χ0n) is 11.8. The van der Waals surface area contributed by atoms with Crippen molar-refractivity contribution in [3.8, 4) is 0 Å². The quantitative estimate of drug-likeness (QED) is 0.781. The predicted octanol–water partition coefficient (Wildman–Crippen LogP) is 3.00. The first kappa shape index (κ1) is 15.9. The van der Waals surface area contributed by atoms with Gasteiger partial charge in [-0.3, -0.25) is 9.59 Å². The molecule has 0 N–H and O–H groups in total. The van der Waals surface area contributed by atoms with Crippen molar-refractivity contribution in [2.75, 3.05) is 19.7 Å². The van der Waals surface area contributed by atoms with Crippen LogP contribution < -0.4 is 0 Å². The fourth-order valence-electron chi connectivity index (χ4n) is 2.45. The van der Waals surface area contributed by atoms with Crippen LogP contribution in [-0.4, -0.2) is 36.5 Å². The molecule has 1 amide bonds. The van der Waals surface area contributed by atoms with E-state index < -0.39 is 5.82 Å². The summed E-state index contributed by atoms with van der Waals surface area (Å²) in [5.41, 5.74) is 0.277. The van der Waals surface area contributed by atoms with Gasteiger partial charge in [-0.1, -0.05) is 0 Å². The number of amides is 1. The largest absolute Gasteiger partial charge is 0.466 e. The Bertz CT molecular complexity index is 550. The van der Waals surface area contributed by atoms with Gasteiger partial charge in [-0.15, -0.1) is 0 Å². The maximum absolute atomic E-state index is 13.3. The molecule has 1 aliphatic heterocycles. The van der Waals surface area contributed by atoms with Crippen LogP contribution in [0, 0.1) is 11.7 Å². The molecule has 114 valence electrons. The number of halogens is 2. The third kappa shape index (κ3) is 3.81. The first-order valence-corrected chi connectivity index (χ1v) is 7.73. The number of carbonyl (C=O) groups is 2. The van der Waals surface area contributed by atoms with Gasteiger partial charge in [0.15, 0.2) is 0 Å². The second-order valence-electron chi connectivity index (χ2n) is 4.97. The summed E-state index contributed by atoms with van der Waals surface area (Å²) in [5, 5.41) is 0. The Kier molecular flexibility index (Phi) is 5.33. The highest BCUT2D eigenvalue weighted by atomic mass is 79.9. The molecule has 1 fully saturated rings. The molecule has 6 heteroatoms. The van der Waals surface area contributed by atoms with Gasteiger partial charge in [-0.25, -0.2) is 4.39 Å². The van der Waals surface area contributed by atoms with Crippen LogP contribution in [0.2, 0.25) is 0 Å². The van der Waals surface area contributed by atoms with Crippen LogP contribution >= 0.6 is 15.9 Å². The summed E-state index contributed by atoms with van der Waals surface area (Å²) >= 11 is 3.26. The normalized spacial score (nSPS) is 18.4. The summed E-state index contributed by atoms with van der Waals surface area (Å²) in [4.78, 5) is 25.9. The van der Waals surface area contributed by atoms with Crippen LogP contribution in [0.3, 0.4) is 0 Å². The lowest BCUT2D eigenvalue weighted by molar-refractivity contribution is -0.149. The van der Waals surface area contributed by atoms with Crippen LogP contribution in [-0.2, 0) is 9.53 Å². The van der Waals surface area contributed by atoms with Gasteiger partial charge >= 0.3 is 5.97 Å². The van der Waals surface area contributed by atoms with Crippen LogP contribution in [0.1, 0.15) is 30.1 Å². The van der Waals surface area contributed by atoms with Gasteiger partial charge in [0.05, 0.1) is 18.1 Å². The topological polar surface area (TPSA) is 46.6 Å². The molecule has 0 spiro atoms. The molecule has 0 saturated carbocycles. The van der Waals surface area contributed by atoms with Crippen molar-refractivity contribution in [1.82, 2.24) is 4.90 Å². The van der Waals surface area contributed by atoms with E-state index in [1.54, 1.807) is 11.8 Å². The lowest BCUT2D eigenvalue weighted by atomic mass is 9.97. The minimum absolute atomic E-state index is 0.268. The number of nitrogens with zero attached hydrogens (tertiary/aromatic N) is 1. The Hall–Kier alpha value is -1.43. The second kappa shape index (κ2) is 7.02. The van der Waals surface area contributed by atoms with Crippen molar-refractivity contribution in [2.45, 2.75) is 19.8 Å². The summed E-state index contributed by atoms with van der Waals surface area (Å²) in [6.45, 7) is 2.98. The van der Waals surface area contributed by atoms with Crippen molar-refractivity contribution in [3.63, 3.8) is 0 Å². The smallest absolute Gasteiger partial charge is 0.310 e. The standard InChI is InChI=1S/C15H17BrFNO3/c1-2-21-15(20)10-4-3-7-18(9-10)14(19)12-8-11(17)5-6-13(12)16/h5-6,8,10H,2-4,7,9H2,1H3/t10-/m1/s1. The molecule has 2 rings (SSSR count). The van der Waals surface area contributed by atoms with Gasteiger partial charge in [0.1, 0.15) is 5.82 Å². The molecule has 0 bridgehead atoms. The average Bonchev–Trinajstić information content (AvgIpc) is 2.49. The monoisotopic (exact) mass is 357 g/mol. The number of rotatable bonds is 3. The molecule has 0 unspecified atom stereocenters. The van der Waals surface area contributed by atoms with Gasteiger partial charge in [-0.05, 0) is 53.9 Å². The van der Waals surface area contributed by atoms with E-state index in [1.807, 2.05) is 0 Å². The number of hydrogen-bond acceptors (Lipinski definition) is 3. The fraction of sp³-hybridized carbons (Fsp3) is 0.467. The van der Waals surface area contributed by atoms with Crippen LogP contribution in [0.15, 0.2) is 22.7 Å². The number of hydrogen-bond donors (Lipinski definition) is 0. The van der Waals surface area contributed by atoms with Crippen LogP contribution in [0.5, 0.6) is 0 Å². The zero-order valence-corrected chi connectivity index (χ0v) is 13.4. The van der Waals surface area contributed by atoms with Crippen molar-refractivity contribution in [1.29, 1.82) is 0 Å². The molecule has 1 aromatic rings. The third-order valence-electron chi connectivity index (χ3n) is 3.49. The number of piperidine rings is 1. The first-order valence-electron chi connectivity index (χ1n) is 6.94. The maximum atomic E-state index is 13.3. The molecule has 0 radical (unpaired) electrons. The summed E-state index contributed by atoms with van der Waals surface area (Å²) in [6.07, 6.45) is 1.45. The Labute approximate surface area is 131 Å². The summed E-state index contributed by atoms with van der Waals surface area (Å²) in [7, 11) is 0. The Morgan fingerprint density at radius 3 is 2.95 bits per heavy atom. The number of likely N-dealkylation sites (tertiary alicyclic amines) is 1. The second-order valence-corrected chi connectivity index (χ2v) is 5.82. The van der Waals surface area contributed by atoms with Gasteiger partial charge in [-0.2, -0.15) is 0 Å². The number of ether oxygens (including phenoxy) is 1. The molecule has 1 heterocycles. The molecule has 4 nitrogen and oxygen atoms in total. The molecule has 0 aliphatic carbocycles. The lowest BCUT2D eigenvalue weighted by Crippen LogP contribution is -2.43. The molecule has 0 aromatic heterocycles. The fourth-order valence-corrected chi connectivity index (χ4v) is 2.86. The van der Waals surface area contributed by atoms with Crippen molar-refractivity contribution in [2.24, 2.45) is 5.92 Å². The Balaban J connectivity index is 2.12. The summed E-state index contributed by atoms with van der Waals surface area (Å²) in [5.74, 6) is -1.29. The molecule has 1 saturated heterocycles. The first-order chi connectivity index (χ1) is 10.0. The van der Waals surface area contributed by atoms with Gasteiger partial charge in [0.2, 0.25) is 0 Å². The molecule has 1 atom stereocenters. The lowest BCUT2D eigenvalue weighted by Gasteiger charge is -2.31. The van der Waals surface area contributed by atoms with Gasteiger partial charge in [0, 0.05) is 17.6 Å². The van der Waals surface area contributed by atoms with Gasteiger partial charge < -0.3 is 9.64 Å². The summed E-state index contributed by atoms with van der Waals surface area (Å²) in [6, 6.07) is 4.01. The minimum Gasteiger partial charge on any atom is -0.466 e. The number of carbonyl (C=O) groups excluding carboxylic acids is 2. The zero-order chi connectivity index (χ0) is 15.4. The van der Waals surface area contributed by atoms with Gasteiger partial charge in [0.25, 0.3) is 5.91 Å². The van der Waals surface area contributed by atoms with E-state index in [9.17, 15) is 14.0 Å². The molecular weight excluding hydrogens is 341 g/mol. The highest BCUT2D eigenvalue weighted by molar-refractivity contribution is 9.10. The van der Waals surface area contributed by atoms with E-state index in [0.29, 0.717) is 30.6 Å². The maximum Gasteiger partial charge on any atom is 0.310 e. The average molecular weight is 358 g/mol. The van der Waals surface area contributed by atoms with Crippen molar-refractivity contribution >= 4 is 27.8 Å². The molecule has 21 heavy (non-hydrogen) atoms. The van der Waals surface area contributed by atoms with E-state index >= 15 is 0 Å². The summed E-state index contributed by atoms with van der Waals surface area (Å²) < 4.78 is 18.9. The van der Waals surface area contributed by atoms with E-state index in [4.69, 9.17) is 4.74 Å². The van der Waals surface area contributed by atoms with Crippen LogP contribution in [0.4, 0.5) is 4.39 Å². The van der Waals surface area contributed by atoms with E-state index in [0.717, 1.165) is 6.42 Å². The SMILES string of the molecule is CCOC(=O)[C@@H]1CCCN(C(=O)c2cc(F)ccc2Br)C1. The number of esters is 1. The molecule has 1 aliphatic rings. The Morgan fingerprint density at radius 2 is 2.24 bits per heavy atom. The van der Waals surface area contributed by atoms with Crippen molar-refractivity contribution in [3.05, 3.63) is 34.1 Å². The predicted molar refractivity (Wildman–Crippen MR) is 79.4 cm³/mol. The highest BCUT2D eigenvalue weighted by Gasteiger charge is 2.30. The number of benzene rings is 1. The molecular formula is C15H17BrFNO3. The Morgan fingerprint density at radius 1 is 1.48 bits per heavy atom. The van der Waals surface area contributed by atoms with E-state index in [2.05, 4.69) is 15.9 Å².